The van der Waals surface area contributed by atoms with Crippen LogP contribution in [0.4, 0.5) is 0 Å². The molecule has 0 unspecified atom stereocenters. The van der Waals surface area contributed by atoms with Crippen molar-refractivity contribution in [2.75, 3.05) is 0 Å². The number of hydrogen-bond donors (Lipinski definition) is 1. The largest absolute Gasteiger partial charge is 0.388 e. The zero-order valence-electron chi connectivity index (χ0n) is 9.90. The Kier molecular flexibility index (Phi) is 4.37. The topological polar surface area (TPSA) is 50.9 Å². The van der Waals surface area contributed by atoms with Gasteiger partial charge in [0, 0.05) is 16.6 Å². The van der Waals surface area contributed by atoms with Gasteiger partial charge >= 0.3 is 0 Å². The van der Waals surface area contributed by atoms with Crippen LogP contribution < -0.4 is 0 Å². The van der Waals surface area contributed by atoms with Gasteiger partial charge in [-0.25, -0.2) is 0 Å². The van der Waals surface area contributed by atoms with Crippen molar-refractivity contribution in [3.8, 4) is 11.4 Å². The molecule has 0 saturated carbocycles. The molecule has 6 heteroatoms. The first-order valence-electron chi connectivity index (χ1n) is 5.65. The summed E-state index contributed by atoms with van der Waals surface area (Å²) in [6.45, 7) is 2.74. The monoisotopic (exact) mass is 329 g/mol. The van der Waals surface area contributed by atoms with Crippen molar-refractivity contribution in [3.63, 3.8) is 0 Å². The molecule has 0 spiro atoms. The highest BCUT2D eigenvalue weighted by atomic mass is 79.9. The maximum Gasteiger partial charge on any atom is 0.164 e. The van der Waals surface area contributed by atoms with Crippen LogP contribution in [-0.2, 0) is 13.2 Å². The first kappa shape index (κ1) is 13.5. The summed E-state index contributed by atoms with van der Waals surface area (Å²) in [4.78, 5) is 0. The number of aromatic nitrogens is 3. The normalized spacial score (nSPS) is 10.9. The molecular formula is C12H13BrClN3O. The van der Waals surface area contributed by atoms with Gasteiger partial charge < -0.3 is 9.67 Å². The van der Waals surface area contributed by atoms with Crippen LogP contribution in [-0.4, -0.2) is 19.9 Å². The van der Waals surface area contributed by atoms with Gasteiger partial charge in [-0.3, -0.25) is 0 Å². The number of rotatable bonds is 4. The second-order valence-corrected chi connectivity index (χ2v) is 5.14. The second-order valence-electron chi connectivity index (χ2n) is 3.88. The predicted octanol–water partition coefficient (Wildman–Crippen LogP) is 3.26. The molecule has 0 aliphatic carbocycles. The summed E-state index contributed by atoms with van der Waals surface area (Å²) >= 11 is 9.36. The zero-order chi connectivity index (χ0) is 13.1. The molecule has 0 atom stereocenters. The summed E-state index contributed by atoms with van der Waals surface area (Å²) in [7, 11) is 0. The summed E-state index contributed by atoms with van der Waals surface area (Å²) in [5.41, 5.74) is 0.923. The lowest BCUT2D eigenvalue weighted by Crippen LogP contribution is -2.05. The third kappa shape index (κ3) is 2.58. The minimum atomic E-state index is -0.109. The lowest BCUT2D eigenvalue weighted by Gasteiger charge is -2.08. The Bertz CT molecular complexity index is 556. The van der Waals surface area contributed by atoms with E-state index in [2.05, 4.69) is 33.1 Å². The SMILES string of the molecule is CCCn1c(CO)nnc1-c1ccc(Cl)c(Br)c1. The molecule has 2 rings (SSSR count). The Hall–Kier alpha value is -0.910. The number of aliphatic hydroxyl groups excluding tert-OH is 1. The number of hydrogen-bond acceptors (Lipinski definition) is 3. The summed E-state index contributed by atoms with van der Waals surface area (Å²) in [5.74, 6) is 1.33. The molecule has 1 N–H and O–H groups in total. The van der Waals surface area contributed by atoms with Gasteiger partial charge in [0.05, 0.1) is 5.02 Å². The molecule has 0 radical (unpaired) electrons. The average molecular weight is 331 g/mol. The Balaban J connectivity index is 2.49. The van der Waals surface area contributed by atoms with Gasteiger partial charge in [-0.2, -0.15) is 0 Å². The Morgan fingerprint density at radius 2 is 2.17 bits per heavy atom. The quantitative estimate of drug-likeness (QED) is 0.936. The first-order valence-corrected chi connectivity index (χ1v) is 6.82. The first-order chi connectivity index (χ1) is 8.67. The van der Waals surface area contributed by atoms with Crippen molar-refractivity contribution in [2.45, 2.75) is 26.5 Å². The van der Waals surface area contributed by atoms with Crippen molar-refractivity contribution >= 4 is 27.5 Å². The van der Waals surface area contributed by atoms with E-state index in [9.17, 15) is 5.11 Å². The van der Waals surface area contributed by atoms with Gasteiger partial charge in [0.25, 0.3) is 0 Å². The van der Waals surface area contributed by atoms with Crippen LogP contribution in [0.3, 0.4) is 0 Å². The van der Waals surface area contributed by atoms with E-state index in [4.69, 9.17) is 11.6 Å². The maximum atomic E-state index is 9.25. The molecule has 0 saturated heterocycles. The predicted molar refractivity (Wildman–Crippen MR) is 74.4 cm³/mol. The lowest BCUT2D eigenvalue weighted by molar-refractivity contribution is 0.264. The van der Waals surface area contributed by atoms with Gasteiger partial charge in [0.1, 0.15) is 6.61 Å². The average Bonchev–Trinajstić information content (AvgIpc) is 2.76. The van der Waals surface area contributed by atoms with Crippen LogP contribution in [0.2, 0.25) is 5.02 Å². The lowest BCUT2D eigenvalue weighted by atomic mass is 10.2. The van der Waals surface area contributed by atoms with Crippen LogP contribution >= 0.6 is 27.5 Å². The van der Waals surface area contributed by atoms with Crippen LogP contribution in [0.25, 0.3) is 11.4 Å². The van der Waals surface area contributed by atoms with Gasteiger partial charge in [0.15, 0.2) is 11.6 Å². The van der Waals surface area contributed by atoms with Crippen LogP contribution in [0.15, 0.2) is 22.7 Å². The third-order valence-corrected chi connectivity index (χ3v) is 3.81. The van der Waals surface area contributed by atoms with Crippen molar-refractivity contribution in [1.82, 2.24) is 14.8 Å². The van der Waals surface area contributed by atoms with E-state index in [0.29, 0.717) is 10.8 Å². The van der Waals surface area contributed by atoms with E-state index in [0.717, 1.165) is 28.8 Å². The van der Waals surface area contributed by atoms with Gasteiger partial charge in [-0.15, -0.1) is 10.2 Å². The van der Waals surface area contributed by atoms with Gasteiger partial charge in [-0.1, -0.05) is 18.5 Å². The van der Waals surface area contributed by atoms with Gasteiger partial charge in [0.2, 0.25) is 0 Å². The molecule has 0 fully saturated rings. The van der Waals surface area contributed by atoms with E-state index in [1.807, 2.05) is 22.8 Å². The van der Waals surface area contributed by atoms with Crippen molar-refractivity contribution in [3.05, 3.63) is 33.5 Å². The van der Waals surface area contributed by atoms with E-state index in [-0.39, 0.29) is 6.61 Å². The van der Waals surface area contributed by atoms with Gasteiger partial charge in [-0.05, 0) is 40.5 Å². The smallest absolute Gasteiger partial charge is 0.164 e. The van der Waals surface area contributed by atoms with E-state index in [1.54, 1.807) is 0 Å². The van der Waals surface area contributed by atoms with Crippen molar-refractivity contribution in [1.29, 1.82) is 0 Å². The highest BCUT2D eigenvalue weighted by Crippen LogP contribution is 2.28. The molecule has 1 aromatic carbocycles. The van der Waals surface area contributed by atoms with Crippen molar-refractivity contribution < 1.29 is 5.11 Å². The molecule has 96 valence electrons. The van der Waals surface area contributed by atoms with Crippen LogP contribution in [0, 0.1) is 0 Å². The Morgan fingerprint density at radius 1 is 1.39 bits per heavy atom. The van der Waals surface area contributed by atoms with Crippen LogP contribution in [0.5, 0.6) is 0 Å². The number of halogens is 2. The molecule has 4 nitrogen and oxygen atoms in total. The van der Waals surface area contributed by atoms with E-state index >= 15 is 0 Å². The minimum Gasteiger partial charge on any atom is -0.388 e. The zero-order valence-corrected chi connectivity index (χ0v) is 12.2. The fraction of sp³-hybridized carbons (Fsp3) is 0.333. The standard InChI is InChI=1S/C12H13BrClN3O/c1-2-5-17-11(7-18)15-16-12(17)8-3-4-10(14)9(13)6-8/h3-4,6,18H,2,5,7H2,1H3. The molecule has 0 amide bonds. The third-order valence-electron chi connectivity index (χ3n) is 2.59. The fourth-order valence-corrected chi connectivity index (χ4v) is 2.26. The highest BCUT2D eigenvalue weighted by Gasteiger charge is 2.13. The fourth-order valence-electron chi connectivity index (χ4n) is 1.76. The molecule has 18 heavy (non-hydrogen) atoms. The summed E-state index contributed by atoms with van der Waals surface area (Å²) in [6.07, 6.45) is 0.951. The van der Waals surface area contributed by atoms with E-state index < -0.39 is 0 Å². The Labute approximate surface area is 119 Å². The molecule has 0 aliphatic heterocycles. The van der Waals surface area contributed by atoms with Crippen LogP contribution in [0.1, 0.15) is 19.2 Å². The highest BCUT2D eigenvalue weighted by molar-refractivity contribution is 9.10. The summed E-state index contributed by atoms with van der Waals surface area (Å²) in [6, 6.07) is 5.61. The number of aliphatic hydroxyl groups is 1. The Morgan fingerprint density at radius 3 is 2.78 bits per heavy atom. The molecular weight excluding hydrogens is 318 g/mol. The summed E-state index contributed by atoms with van der Waals surface area (Å²) in [5, 5.41) is 18.0. The number of benzene rings is 1. The molecule has 1 heterocycles. The molecule has 0 bridgehead atoms. The van der Waals surface area contributed by atoms with E-state index in [1.165, 1.54) is 0 Å². The summed E-state index contributed by atoms with van der Waals surface area (Å²) < 4.78 is 2.74. The number of nitrogens with zero attached hydrogens (tertiary/aromatic N) is 3. The second kappa shape index (κ2) is 5.82. The molecule has 0 aliphatic rings. The maximum absolute atomic E-state index is 9.25. The van der Waals surface area contributed by atoms with Crippen molar-refractivity contribution in [2.24, 2.45) is 0 Å². The molecule has 2 aromatic rings. The molecule has 1 aromatic heterocycles. The minimum absolute atomic E-state index is 0.109.